The highest BCUT2D eigenvalue weighted by Gasteiger charge is 2.12. The minimum absolute atomic E-state index is 0.420. The van der Waals surface area contributed by atoms with Crippen molar-refractivity contribution < 1.29 is 4.74 Å². The van der Waals surface area contributed by atoms with Gasteiger partial charge in [0.2, 0.25) is 0 Å². The third-order valence-corrected chi connectivity index (χ3v) is 4.16. The number of nitrogens with two attached hydrogens (primary N) is 1. The molecule has 0 amide bonds. The van der Waals surface area contributed by atoms with Crippen LogP contribution in [0.2, 0.25) is 0 Å². The number of thiophene rings is 1. The van der Waals surface area contributed by atoms with Gasteiger partial charge in [-0.3, -0.25) is 0 Å². The predicted molar refractivity (Wildman–Crippen MR) is 76.5 cm³/mol. The molecule has 0 spiro atoms. The minimum Gasteiger partial charge on any atom is -0.373 e. The molecule has 0 unspecified atom stereocenters. The molecule has 1 saturated carbocycles. The van der Waals surface area contributed by atoms with E-state index >= 15 is 0 Å². The van der Waals surface area contributed by atoms with Crippen LogP contribution in [0, 0.1) is 11.8 Å². The Morgan fingerprint density at radius 3 is 2.78 bits per heavy atom. The van der Waals surface area contributed by atoms with Crippen molar-refractivity contribution in [2.75, 3.05) is 6.54 Å². The molecule has 18 heavy (non-hydrogen) atoms. The molecule has 1 aromatic heterocycles. The van der Waals surface area contributed by atoms with Gasteiger partial charge >= 0.3 is 0 Å². The number of hydrogen-bond donors (Lipinski definition) is 1. The lowest BCUT2D eigenvalue weighted by Gasteiger charge is -2.14. The lowest BCUT2D eigenvalue weighted by molar-refractivity contribution is 0.0324. The van der Waals surface area contributed by atoms with Crippen molar-refractivity contribution in [3.8, 4) is 11.8 Å². The molecule has 3 heteroatoms. The maximum atomic E-state index is 6.00. The monoisotopic (exact) mass is 263 g/mol. The van der Waals surface area contributed by atoms with Gasteiger partial charge in [0.1, 0.15) is 0 Å². The van der Waals surface area contributed by atoms with Crippen LogP contribution in [-0.2, 0) is 11.3 Å². The quantitative estimate of drug-likeness (QED) is 0.671. The van der Waals surface area contributed by atoms with Crippen LogP contribution in [0.5, 0.6) is 0 Å². The molecule has 1 fully saturated rings. The number of ether oxygens (including phenoxy) is 1. The normalized spacial score (nSPS) is 16.9. The van der Waals surface area contributed by atoms with Crippen LogP contribution in [0.25, 0.3) is 0 Å². The third-order valence-electron chi connectivity index (χ3n) is 3.25. The lowest BCUT2D eigenvalue weighted by atomic mass is 10.1. The van der Waals surface area contributed by atoms with Gasteiger partial charge in [-0.2, -0.15) is 0 Å². The molecule has 1 heterocycles. The first-order valence-corrected chi connectivity index (χ1v) is 7.64. The second kappa shape index (κ2) is 7.58. The standard InChI is InChI=1S/C15H21NOS/c16-9-5-6-13-10-15(18-12-13)11-17-14-7-3-1-2-4-8-14/h10,12,14H,1-4,7-9,11,16H2. The third kappa shape index (κ3) is 4.45. The highest BCUT2D eigenvalue weighted by atomic mass is 32.1. The van der Waals surface area contributed by atoms with Gasteiger partial charge in [-0.05, 0) is 18.9 Å². The summed E-state index contributed by atoms with van der Waals surface area (Å²) in [5, 5.41) is 2.08. The first-order valence-electron chi connectivity index (χ1n) is 6.76. The number of rotatable bonds is 3. The van der Waals surface area contributed by atoms with Gasteiger partial charge in [0.15, 0.2) is 0 Å². The summed E-state index contributed by atoms with van der Waals surface area (Å²) in [5.41, 5.74) is 6.42. The van der Waals surface area contributed by atoms with E-state index in [0.29, 0.717) is 12.6 Å². The maximum Gasteiger partial charge on any atom is 0.0813 e. The summed E-state index contributed by atoms with van der Waals surface area (Å²) in [6, 6.07) is 2.12. The molecule has 0 aromatic carbocycles. The fourth-order valence-corrected chi connectivity index (χ4v) is 3.02. The van der Waals surface area contributed by atoms with Gasteiger partial charge in [0, 0.05) is 15.8 Å². The SMILES string of the molecule is NCC#Cc1csc(COC2CCCCCC2)c1. The lowest BCUT2D eigenvalue weighted by Crippen LogP contribution is -2.10. The Bertz CT molecular complexity index is 408. The molecule has 0 saturated heterocycles. The summed E-state index contributed by atoms with van der Waals surface area (Å²) in [6.45, 7) is 1.16. The second-order valence-electron chi connectivity index (χ2n) is 4.73. The fourth-order valence-electron chi connectivity index (χ4n) is 2.28. The summed E-state index contributed by atoms with van der Waals surface area (Å²) < 4.78 is 6.00. The van der Waals surface area contributed by atoms with E-state index in [1.165, 1.54) is 43.4 Å². The van der Waals surface area contributed by atoms with Crippen molar-refractivity contribution in [3.63, 3.8) is 0 Å². The largest absolute Gasteiger partial charge is 0.373 e. The second-order valence-corrected chi connectivity index (χ2v) is 5.73. The molecular formula is C15H21NOS. The van der Waals surface area contributed by atoms with Crippen LogP contribution >= 0.6 is 11.3 Å². The summed E-state index contributed by atoms with van der Waals surface area (Å²) in [4.78, 5) is 1.26. The zero-order valence-electron chi connectivity index (χ0n) is 10.8. The summed E-state index contributed by atoms with van der Waals surface area (Å²) in [7, 11) is 0. The Kier molecular flexibility index (Phi) is 5.73. The molecule has 1 aliphatic carbocycles. The number of hydrogen-bond acceptors (Lipinski definition) is 3. The van der Waals surface area contributed by atoms with Crippen molar-refractivity contribution in [2.24, 2.45) is 5.73 Å². The Balaban J connectivity index is 1.80. The van der Waals surface area contributed by atoms with Crippen LogP contribution in [-0.4, -0.2) is 12.6 Å². The van der Waals surface area contributed by atoms with E-state index in [9.17, 15) is 0 Å². The van der Waals surface area contributed by atoms with E-state index in [2.05, 4.69) is 23.3 Å². The van der Waals surface area contributed by atoms with Crippen molar-refractivity contribution in [1.82, 2.24) is 0 Å². The molecular weight excluding hydrogens is 242 g/mol. The van der Waals surface area contributed by atoms with Gasteiger partial charge in [-0.1, -0.05) is 37.5 Å². The predicted octanol–water partition coefficient (Wildman–Crippen LogP) is 3.30. The van der Waals surface area contributed by atoms with E-state index in [0.717, 1.165) is 12.2 Å². The van der Waals surface area contributed by atoms with Gasteiger partial charge < -0.3 is 10.5 Å². The van der Waals surface area contributed by atoms with Crippen molar-refractivity contribution in [3.05, 3.63) is 21.9 Å². The zero-order valence-corrected chi connectivity index (χ0v) is 11.6. The molecule has 0 bridgehead atoms. The van der Waals surface area contributed by atoms with Crippen molar-refractivity contribution >= 4 is 11.3 Å². The first-order chi connectivity index (χ1) is 8.88. The van der Waals surface area contributed by atoms with Crippen LogP contribution in [0.4, 0.5) is 0 Å². The van der Waals surface area contributed by atoms with Gasteiger partial charge in [-0.25, -0.2) is 0 Å². The highest BCUT2D eigenvalue weighted by Crippen LogP contribution is 2.22. The molecule has 1 aliphatic rings. The Labute approximate surface area is 114 Å². The molecule has 1 aromatic rings. The van der Waals surface area contributed by atoms with Gasteiger partial charge in [-0.15, -0.1) is 11.3 Å². The minimum atomic E-state index is 0.420. The van der Waals surface area contributed by atoms with Crippen LogP contribution in [0.1, 0.15) is 49.0 Å². The Hall–Kier alpha value is -0.820. The summed E-state index contributed by atoms with van der Waals surface area (Å²) in [6.07, 6.45) is 8.31. The highest BCUT2D eigenvalue weighted by molar-refractivity contribution is 7.10. The van der Waals surface area contributed by atoms with Crippen LogP contribution in [0.15, 0.2) is 11.4 Å². The first kappa shape index (κ1) is 13.6. The van der Waals surface area contributed by atoms with E-state index in [4.69, 9.17) is 10.5 Å². The van der Waals surface area contributed by atoms with E-state index < -0.39 is 0 Å². The Morgan fingerprint density at radius 2 is 2.06 bits per heavy atom. The Morgan fingerprint density at radius 1 is 1.28 bits per heavy atom. The molecule has 2 nitrogen and oxygen atoms in total. The topological polar surface area (TPSA) is 35.2 Å². The van der Waals surface area contributed by atoms with Crippen LogP contribution < -0.4 is 5.73 Å². The fraction of sp³-hybridized carbons (Fsp3) is 0.600. The van der Waals surface area contributed by atoms with E-state index in [1.807, 2.05) is 0 Å². The summed E-state index contributed by atoms with van der Waals surface area (Å²) >= 11 is 1.73. The van der Waals surface area contributed by atoms with Crippen LogP contribution in [0.3, 0.4) is 0 Å². The smallest absolute Gasteiger partial charge is 0.0813 e. The molecule has 2 rings (SSSR count). The molecule has 2 N–H and O–H groups in total. The molecule has 0 aliphatic heterocycles. The molecule has 0 radical (unpaired) electrons. The zero-order chi connectivity index (χ0) is 12.6. The average Bonchev–Trinajstić information content (AvgIpc) is 2.68. The average molecular weight is 263 g/mol. The molecule has 98 valence electrons. The van der Waals surface area contributed by atoms with E-state index in [1.54, 1.807) is 11.3 Å². The summed E-state index contributed by atoms with van der Waals surface area (Å²) in [5.74, 6) is 5.93. The van der Waals surface area contributed by atoms with Crippen molar-refractivity contribution in [2.45, 2.75) is 51.2 Å². The van der Waals surface area contributed by atoms with Crippen molar-refractivity contribution in [1.29, 1.82) is 0 Å². The van der Waals surface area contributed by atoms with Gasteiger partial charge in [0.25, 0.3) is 0 Å². The van der Waals surface area contributed by atoms with Gasteiger partial charge in [0.05, 0.1) is 19.3 Å². The van der Waals surface area contributed by atoms with E-state index in [-0.39, 0.29) is 0 Å². The maximum absolute atomic E-state index is 6.00. The molecule has 0 atom stereocenters.